The van der Waals surface area contributed by atoms with Crippen molar-refractivity contribution in [3.05, 3.63) is 37.0 Å². The van der Waals surface area contributed by atoms with E-state index >= 15 is 0 Å². The van der Waals surface area contributed by atoms with Crippen molar-refractivity contribution >= 4 is 0 Å². The second kappa shape index (κ2) is 7.77. The van der Waals surface area contributed by atoms with E-state index in [2.05, 4.69) is 30.4 Å². The molecular weight excluding hydrogens is 160 g/mol. The Kier molecular flexibility index (Phi) is 7.26. The average molecular weight is 180 g/mol. The fourth-order valence-corrected chi connectivity index (χ4v) is 1.03. The van der Waals surface area contributed by atoms with E-state index in [9.17, 15) is 0 Å². The summed E-state index contributed by atoms with van der Waals surface area (Å²) in [5, 5.41) is 3.11. The van der Waals surface area contributed by atoms with Gasteiger partial charge in [0.05, 0.1) is 0 Å². The molecule has 74 valence electrons. The van der Waals surface area contributed by atoms with Crippen molar-refractivity contribution in [2.24, 2.45) is 0 Å². The van der Waals surface area contributed by atoms with Crippen LogP contribution in [0.2, 0.25) is 0 Å². The van der Waals surface area contributed by atoms with E-state index in [4.69, 9.17) is 0 Å². The second-order valence-electron chi connectivity index (χ2n) is 3.02. The first-order valence-electron chi connectivity index (χ1n) is 4.51. The molecule has 0 aliphatic carbocycles. The number of hydrogen-bond donors (Lipinski definition) is 1. The molecule has 13 heavy (non-hydrogen) atoms. The third-order valence-electron chi connectivity index (χ3n) is 1.79. The predicted octanol–water partition coefficient (Wildman–Crippen LogP) is 1.44. The monoisotopic (exact) mass is 180 g/mol. The van der Waals surface area contributed by atoms with Gasteiger partial charge in [-0.2, -0.15) is 0 Å². The zero-order valence-corrected chi connectivity index (χ0v) is 8.71. The molecule has 0 unspecified atom stereocenters. The molecule has 0 rings (SSSR count). The first-order valence-corrected chi connectivity index (χ1v) is 4.51. The van der Waals surface area contributed by atoms with E-state index in [1.807, 2.05) is 19.2 Å². The maximum Gasteiger partial charge on any atom is 0.0231 e. The number of likely N-dealkylation sites (N-methyl/N-ethyl adjacent to an activating group) is 2. The summed E-state index contributed by atoms with van der Waals surface area (Å²) in [6.45, 7) is 10.4. The van der Waals surface area contributed by atoms with E-state index in [0.29, 0.717) is 0 Å². The Labute approximate surface area is 81.6 Å². The van der Waals surface area contributed by atoms with E-state index in [0.717, 1.165) is 19.6 Å². The van der Waals surface area contributed by atoms with Crippen molar-refractivity contribution in [2.45, 2.75) is 0 Å². The molecule has 0 saturated carbocycles. The van der Waals surface area contributed by atoms with Gasteiger partial charge in [-0.3, -0.25) is 0 Å². The summed E-state index contributed by atoms with van der Waals surface area (Å²) in [5.41, 5.74) is 1.20. The van der Waals surface area contributed by atoms with E-state index in [1.165, 1.54) is 5.57 Å². The highest BCUT2D eigenvalue weighted by molar-refractivity contribution is 5.22. The summed E-state index contributed by atoms with van der Waals surface area (Å²) < 4.78 is 0. The largest absolute Gasteiger partial charge is 0.318 e. The second-order valence-corrected chi connectivity index (χ2v) is 3.02. The van der Waals surface area contributed by atoms with Crippen LogP contribution in [0, 0.1) is 0 Å². The lowest BCUT2D eigenvalue weighted by Gasteiger charge is -2.16. The Morgan fingerprint density at radius 3 is 2.62 bits per heavy atom. The smallest absolute Gasteiger partial charge is 0.0231 e. The van der Waals surface area contributed by atoms with E-state index < -0.39 is 0 Å². The summed E-state index contributed by atoms with van der Waals surface area (Å²) in [6, 6.07) is 0. The van der Waals surface area contributed by atoms with Gasteiger partial charge in [0.2, 0.25) is 0 Å². The van der Waals surface area contributed by atoms with Crippen LogP contribution in [0.25, 0.3) is 0 Å². The topological polar surface area (TPSA) is 15.3 Å². The zero-order chi connectivity index (χ0) is 10.1. The van der Waals surface area contributed by atoms with Gasteiger partial charge in [0.15, 0.2) is 0 Å². The van der Waals surface area contributed by atoms with Crippen LogP contribution in [0.1, 0.15) is 0 Å². The van der Waals surface area contributed by atoms with Crippen LogP contribution < -0.4 is 5.32 Å². The van der Waals surface area contributed by atoms with Gasteiger partial charge < -0.3 is 10.2 Å². The van der Waals surface area contributed by atoms with Crippen LogP contribution in [0.5, 0.6) is 0 Å². The molecule has 0 spiro atoms. The number of nitrogens with zero attached hydrogens (tertiary/aromatic N) is 1. The fraction of sp³-hybridized carbons (Fsp3) is 0.455. The van der Waals surface area contributed by atoms with Gasteiger partial charge in [-0.25, -0.2) is 0 Å². The molecule has 0 saturated heterocycles. The Bertz CT molecular complexity index is 183. The van der Waals surface area contributed by atoms with Gasteiger partial charge in [-0.15, -0.1) is 0 Å². The highest BCUT2D eigenvalue weighted by atomic mass is 15.1. The SMILES string of the molecule is C=C/C=C(\C=C)CN(C)CCNC. The Balaban J connectivity index is 3.86. The predicted molar refractivity (Wildman–Crippen MR) is 59.9 cm³/mol. The Hall–Kier alpha value is -0.860. The molecule has 2 nitrogen and oxygen atoms in total. The molecule has 0 atom stereocenters. The highest BCUT2D eigenvalue weighted by Crippen LogP contribution is 1.98. The summed E-state index contributed by atoms with van der Waals surface area (Å²) in [5.74, 6) is 0. The number of allylic oxidation sites excluding steroid dienone is 2. The lowest BCUT2D eigenvalue weighted by molar-refractivity contribution is 0.365. The molecule has 0 aliphatic heterocycles. The van der Waals surface area contributed by atoms with Gasteiger partial charge in [-0.05, 0) is 19.7 Å². The van der Waals surface area contributed by atoms with Gasteiger partial charge in [0.1, 0.15) is 0 Å². The van der Waals surface area contributed by atoms with Crippen LogP contribution in [-0.4, -0.2) is 38.6 Å². The number of rotatable bonds is 7. The highest BCUT2D eigenvalue weighted by Gasteiger charge is 1.98. The van der Waals surface area contributed by atoms with Crippen molar-refractivity contribution in [3.63, 3.8) is 0 Å². The van der Waals surface area contributed by atoms with Crippen molar-refractivity contribution in [3.8, 4) is 0 Å². The zero-order valence-electron chi connectivity index (χ0n) is 8.71. The van der Waals surface area contributed by atoms with Crippen LogP contribution >= 0.6 is 0 Å². The van der Waals surface area contributed by atoms with Crippen molar-refractivity contribution in [1.29, 1.82) is 0 Å². The Morgan fingerprint density at radius 1 is 1.46 bits per heavy atom. The fourth-order valence-electron chi connectivity index (χ4n) is 1.03. The molecule has 0 bridgehead atoms. The quantitative estimate of drug-likeness (QED) is 0.596. The molecule has 2 heteroatoms. The molecule has 0 amide bonds. The summed E-state index contributed by atoms with van der Waals surface area (Å²) in [7, 11) is 4.06. The minimum absolute atomic E-state index is 0.928. The van der Waals surface area contributed by atoms with E-state index in [-0.39, 0.29) is 0 Å². The first-order chi connectivity index (χ1) is 6.24. The van der Waals surface area contributed by atoms with Crippen LogP contribution in [-0.2, 0) is 0 Å². The summed E-state index contributed by atoms with van der Waals surface area (Å²) in [4.78, 5) is 2.24. The third-order valence-corrected chi connectivity index (χ3v) is 1.79. The van der Waals surface area contributed by atoms with Gasteiger partial charge in [0, 0.05) is 19.6 Å². The third kappa shape index (κ3) is 6.31. The summed E-state index contributed by atoms with van der Waals surface area (Å²) in [6.07, 6.45) is 5.66. The maximum absolute atomic E-state index is 3.75. The molecule has 0 aliphatic rings. The normalized spacial score (nSPS) is 11.8. The summed E-state index contributed by atoms with van der Waals surface area (Å²) >= 11 is 0. The Morgan fingerprint density at radius 2 is 2.15 bits per heavy atom. The van der Waals surface area contributed by atoms with Gasteiger partial charge in [-0.1, -0.05) is 31.4 Å². The van der Waals surface area contributed by atoms with Crippen molar-refractivity contribution in [2.75, 3.05) is 33.7 Å². The standard InChI is InChI=1S/C11H20N2/c1-5-7-11(6-2)10-13(4)9-8-12-3/h5-7,12H,1-2,8-10H2,3-4H3/b11-7+. The minimum Gasteiger partial charge on any atom is -0.318 e. The molecule has 0 aromatic carbocycles. The average Bonchev–Trinajstić information content (AvgIpc) is 2.14. The lowest BCUT2D eigenvalue weighted by Crippen LogP contribution is -2.28. The molecule has 0 aromatic rings. The van der Waals surface area contributed by atoms with E-state index in [1.54, 1.807) is 6.08 Å². The lowest BCUT2D eigenvalue weighted by atomic mass is 10.2. The molecule has 0 heterocycles. The number of hydrogen-bond acceptors (Lipinski definition) is 2. The minimum atomic E-state index is 0.928. The van der Waals surface area contributed by atoms with Crippen LogP contribution in [0.4, 0.5) is 0 Å². The van der Waals surface area contributed by atoms with Gasteiger partial charge in [0.25, 0.3) is 0 Å². The molecule has 0 aromatic heterocycles. The molecule has 0 fully saturated rings. The molecule has 0 radical (unpaired) electrons. The molecular formula is C11H20N2. The number of nitrogens with one attached hydrogen (secondary N) is 1. The van der Waals surface area contributed by atoms with Crippen LogP contribution in [0.15, 0.2) is 37.0 Å². The van der Waals surface area contributed by atoms with Gasteiger partial charge >= 0.3 is 0 Å². The van der Waals surface area contributed by atoms with Crippen LogP contribution in [0.3, 0.4) is 0 Å². The maximum atomic E-state index is 3.75. The molecule has 1 N–H and O–H groups in total. The van der Waals surface area contributed by atoms with Crippen molar-refractivity contribution in [1.82, 2.24) is 10.2 Å². The first kappa shape index (κ1) is 12.1. The van der Waals surface area contributed by atoms with Crippen molar-refractivity contribution < 1.29 is 0 Å².